The second kappa shape index (κ2) is 6.39. The standard InChI is InChI=1S/C12H21NO4/c1-9(2)12(16)17-8-6-7-10(11(14)15)13(3,4)5/h10H,1,6-8H2,2-5H3. The molecule has 0 saturated heterocycles. The van der Waals surface area contributed by atoms with Gasteiger partial charge in [-0.25, -0.2) is 4.79 Å². The van der Waals surface area contributed by atoms with Crippen molar-refractivity contribution in [3.8, 4) is 0 Å². The predicted octanol–water partition coefficient (Wildman–Crippen LogP) is -0.289. The van der Waals surface area contributed by atoms with Crippen molar-refractivity contribution in [1.29, 1.82) is 0 Å². The Labute approximate surface area is 102 Å². The summed E-state index contributed by atoms with van der Waals surface area (Å²) in [4.78, 5) is 22.0. The molecule has 0 aliphatic heterocycles. The maximum Gasteiger partial charge on any atom is 0.333 e. The minimum absolute atomic E-state index is 0.204. The van der Waals surface area contributed by atoms with Crippen molar-refractivity contribution in [3.63, 3.8) is 0 Å². The summed E-state index contributed by atoms with van der Waals surface area (Å²) < 4.78 is 5.18. The van der Waals surface area contributed by atoms with Gasteiger partial charge in [0.05, 0.1) is 33.7 Å². The Hall–Kier alpha value is -1.36. The first-order valence-corrected chi connectivity index (χ1v) is 5.51. The van der Waals surface area contributed by atoms with Crippen LogP contribution in [0.15, 0.2) is 12.2 Å². The van der Waals surface area contributed by atoms with Gasteiger partial charge in [0.1, 0.15) is 6.04 Å². The number of quaternary nitrogens is 1. The predicted molar refractivity (Wildman–Crippen MR) is 61.8 cm³/mol. The number of carboxylic acid groups (broad SMARTS) is 1. The van der Waals surface area contributed by atoms with Crippen molar-refractivity contribution in [2.45, 2.75) is 25.8 Å². The van der Waals surface area contributed by atoms with Crippen LogP contribution in [0.2, 0.25) is 0 Å². The second-order valence-corrected chi connectivity index (χ2v) is 5.01. The van der Waals surface area contributed by atoms with Gasteiger partial charge in [-0.3, -0.25) is 0 Å². The van der Waals surface area contributed by atoms with E-state index >= 15 is 0 Å². The van der Waals surface area contributed by atoms with Gasteiger partial charge < -0.3 is 19.1 Å². The molecule has 5 nitrogen and oxygen atoms in total. The number of ether oxygens (including phenoxy) is 1. The molecule has 98 valence electrons. The summed E-state index contributed by atoms with van der Waals surface area (Å²) in [6, 6.07) is -0.599. The highest BCUT2D eigenvalue weighted by Gasteiger charge is 2.24. The molecular formula is C12H21NO4. The third-order valence-electron chi connectivity index (χ3n) is 2.41. The molecule has 17 heavy (non-hydrogen) atoms. The van der Waals surface area contributed by atoms with E-state index in [1.165, 1.54) is 0 Å². The fourth-order valence-electron chi connectivity index (χ4n) is 1.39. The zero-order valence-electron chi connectivity index (χ0n) is 11.0. The molecule has 1 unspecified atom stereocenters. The van der Waals surface area contributed by atoms with Crippen molar-refractivity contribution in [2.24, 2.45) is 0 Å². The molecule has 0 aromatic carbocycles. The first-order valence-electron chi connectivity index (χ1n) is 5.51. The fraction of sp³-hybridized carbons (Fsp3) is 0.667. The van der Waals surface area contributed by atoms with E-state index in [2.05, 4.69) is 6.58 Å². The van der Waals surface area contributed by atoms with Crippen molar-refractivity contribution >= 4 is 11.9 Å². The number of likely N-dealkylation sites (N-methyl/N-ethyl adjacent to an activating group) is 1. The first-order chi connectivity index (χ1) is 7.66. The van der Waals surface area contributed by atoms with E-state index in [-0.39, 0.29) is 11.1 Å². The van der Waals surface area contributed by atoms with Crippen LogP contribution in [-0.2, 0) is 14.3 Å². The Morgan fingerprint density at radius 3 is 2.24 bits per heavy atom. The highest BCUT2D eigenvalue weighted by Crippen LogP contribution is 2.09. The number of rotatable bonds is 7. The second-order valence-electron chi connectivity index (χ2n) is 5.01. The summed E-state index contributed by atoms with van der Waals surface area (Å²) in [5.41, 5.74) is 0.341. The Morgan fingerprint density at radius 1 is 1.35 bits per heavy atom. The first kappa shape index (κ1) is 15.6. The normalized spacial score (nSPS) is 12.9. The van der Waals surface area contributed by atoms with Crippen LogP contribution in [0.3, 0.4) is 0 Å². The molecule has 0 aromatic rings. The van der Waals surface area contributed by atoms with Gasteiger partial charge in [-0.15, -0.1) is 0 Å². The van der Waals surface area contributed by atoms with E-state index in [9.17, 15) is 14.7 Å². The average Bonchev–Trinajstić information content (AvgIpc) is 2.13. The van der Waals surface area contributed by atoms with Gasteiger partial charge in [-0.1, -0.05) is 6.58 Å². The van der Waals surface area contributed by atoms with Gasteiger partial charge in [0, 0.05) is 12.0 Å². The van der Waals surface area contributed by atoms with Crippen LogP contribution >= 0.6 is 0 Å². The van der Waals surface area contributed by atoms with E-state index < -0.39 is 18.0 Å². The van der Waals surface area contributed by atoms with Gasteiger partial charge in [-0.2, -0.15) is 0 Å². The third-order valence-corrected chi connectivity index (χ3v) is 2.41. The number of carbonyl (C=O) groups is 2. The Bertz CT molecular complexity index is 304. The van der Waals surface area contributed by atoms with Crippen LogP contribution in [0.4, 0.5) is 0 Å². The molecule has 0 aromatic heterocycles. The van der Waals surface area contributed by atoms with Gasteiger partial charge in [0.25, 0.3) is 0 Å². The van der Waals surface area contributed by atoms with Crippen LogP contribution < -0.4 is 5.11 Å². The number of carbonyl (C=O) groups excluding carboxylic acids is 2. The molecule has 0 spiro atoms. The number of hydrogen-bond donors (Lipinski definition) is 0. The summed E-state index contributed by atoms with van der Waals surface area (Å²) in [5, 5.41) is 10.9. The third kappa shape index (κ3) is 6.06. The number of aliphatic carboxylic acids is 1. The lowest BCUT2D eigenvalue weighted by atomic mass is 10.1. The van der Waals surface area contributed by atoms with Gasteiger partial charge in [-0.05, 0) is 13.3 Å². The lowest BCUT2D eigenvalue weighted by Crippen LogP contribution is -2.54. The summed E-state index contributed by atoms with van der Waals surface area (Å²) in [6.45, 7) is 5.23. The topological polar surface area (TPSA) is 66.4 Å². The Morgan fingerprint density at radius 2 is 1.88 bits per heavy atom. The van der Waals surface area contributed by atoms with Crippen LogP contribution in [0, 0.1) is 0 Å². The molecule has 0 amide bonds. The van der Waals surface area contributed by atoms with E-state index in [0.29, 0.717) is 18.4 Å². The van der Waals surface area contributed by atoms with Gasteiger partial charge >= 0.3 is 5.97 Å². The van der Waals surface area contributed by atoms with Crippen molar-refractivity contribution < 1.29 is 23.9 Å². The molecule has 0 saturated carbocycles. The van der Waals surface area contributed by atoms with Crippen LogP contribution in [-0.4, -0.2) is 50.2 Å². The Balaban J connectivity index is 4.05. The minimum atomic E-state index is -1.08. The highest BCUT2D eigenvalue weighted by atomic mass is 16.5. The number of carboxylic acids is 1. The molecule has 0 aliphatic rings. The average molecular weight is 243 g/mol. The van der Waals surface area contributed by atoms with E-state index in [1.807, 2.05) is 0 Å². The van der Waals surface area contributed by atoms with Crippen molar-refractivity contribution in [2.75, 3.05) is 27.7 Å². The van der Waals surface area contributed by atoms with Gasteiger partial charge in [0.15, 0.2) is 0 Å². The molecule has 0 heterocycles. The molecule has 5 heteroatoms. The Kier molecular flexibility index (Phi) is 5.88. The molecule has 1 atom stereocenters. The van der Waals surface area contributed by atoms with Gasteiger partial charge in [0.2, 0.25) is 0 Å². The summed E-state index contributed by atoms with van der Waals surface area (Å²) >= 11 is 0. The summed E-state index contributed by atoms with van der Waals surface area (Å²) in [5.74, 6) is -1.52. The molecule has 0 radical (unpaired) electrons. The smallest absolute Gasteiger partial charge is 0.333 e. The minimum Gasteiger partial charge on any atom is -0.544 e. The number of esters is 1. The number of hydrogen-bond acceptors (Lipinski definition) is 4. The highest BCUT2D eigenvalue weighted by molar-refractivity contribution is 5.86. The zero-order chi connectivity index (χ0) is 13.6. The van der Waals surface area contributed by atoms with Crippen molar-refractivity contribution in [3.05, 3.63) is 12.2 Å². The maximum absolute atomic E-state index is 11.1. The van der Waals surface area contributed by atoms with E-state index in [4.69, 9.17) is 4.74 Å². The molecule has 0 rings (SSSR count). The van der Waals surface area contributed by atoms with Crippen LogP contribution in [0.25, 0.3) is 0 Å². The molecule has 0 N–H and O–H groups in total. The SMILES string of the molecule is C=C(C)C(=O)OCCCC(C(=O)[O-])[N+](C)(C)C. The summed E-state index contributed by atoms with van der Waals surface area (Å²) in [7, 11) is 5.38. The monoisotopic (exact) mass is 243 g/mol. The fourth-order valence-corrected chi connectivity index (χ4v) is 1.39. The lowest BCUT2D eigenvalue weighted by Gasteiger charge is -2.34. The summed E-state index contributed by atoms with van der Waals surface area (Å²) in [6.07, 6.45) is 0.905. The van der Waals surface area contributed by atoms with Crippen LogP contribution in [0.1, 0.15) is 19.8 Å². The molecule has 0 fully saturated rings. The van der Waals surface area contributed by atoms with E-state index in [0.717, 1.165) is 0 Å². The molecule has 0 bridgehead atoms. The zero-order valence-corrected chi connectivity index (χ0v) is 11.0. The van der Waals surface area contributed by atoms with Crippen LogP contribution in [0.5, 0.6) is 0 Å². The van der Waals surface area contributed by atoms with Crippen molar-refractivity contribution in [1.82, 2.24) is 0 Å². The quantitative estimate of drug-likeness (QED) is 0.267. The molecular weight excluding hydrogens is 222 g/mol. The lowest BCUT2D eigenvalue weighted by molar-refractivity contribution is -0.889. The van der Waals surface area contributed by atoms with E-state index in [1.54, 1.807) is 28.1 Å². The molecule has 0 aliphatic carbocycles. The maximum atomic E-state index is 11.1. The largest absolute Gasteiger partial charge is 0.544 e. The number of nitrogens with zero attached hydrogens (tertiary/aromatic N) is 1.